The van der Waals surface area contributed by atoms with E-state index in [-0.39, 0.29) is 19.2 Å². The Kier molecular flexibility index (Phi) is 3.46. The summed E-state index contributed by atoms with van der Waals surface area (Å²) in [5, 5.41) is 24.6. The molecule has 0 fully saturated rings. The Bertz CT molecular complexity index is 404. The zero-order valence-electron chi connectivity index (χ0n) is 9.30. The summed E-state index contributed by atoms with van der Waals surface area (Å²) >= 11 is 0. The first-order chi connectivity index (χ1) is 8.19. The van der Waals surface area contributed by atoms with E-state index in [0.29, 0.717) is 11.6 Å². The molecular weight excluding hydrogens is 220 g/mol. The molecule has 6 heteroatoms. The molecule has 1 heterocycles. The van der Waals surface area contributed by atoms with E-state index >= 15 is 0 Å². The first-order valence-corrected chi connectivity index (χ1v) is 5.41. The van der Waals surface area contributed by atoms with Gasteiger partial charge in [-0.3, -0.25) is 4.99 Å². The van der Waals surface area contributed by atoms with Gasteiger partial charge in [0.25, 0.3) is 0 Å². The van der Waals surface area contributed by atoms with Gasteiger partial charge in [0.15, 0.2) is 5.96 Å². The van der Waals surface area contributed by atoms with Crippen LogP contribution in [0.5, 0.6) is 0 Å². The maximum atomic E-state index is 9.52. The van der Waals surface area contributed by atoms with Gasteiger partial charge in [-0.2, -0.15) is 0 Å². The standard InChI is InChI=1S/C11H16N4O2/c12-7-1-3-8(4-2-7)14-11-13-5-10(17)9(6-16)15-11/h1-4,9-10,16-17H,5-6,12H2,(H2,13,14,15)/t9-,10-/m1/s1. The number of hydrogen-bond donors (Lipinski definition) is 5. The Balaban J connectivity index is 2.02. The van der Waals surface area contributed by atoms with E-state index in [4.69, 9.17) is 10.8 Å². The first-order valence-electron chi connectivity index (χ1n) is 5.41. The smallest absolute Gasteiger partial charge is 0.196 e. The minimum Gasteiger partial charge on any atom is -0.399 e. The number of rotatable bonds is 2. The molecule has 0 unspecified atom stereocenters. The lowest BCUT2D eigenvalue weighted by atomic mass is 10.1. The average Bonchev–Trinajstić information content (AvgIpc) is 2.34. The third-order valence-electron chi connectivity index (χ3n) is 2.59. The van der Waals surface area contributed by atoms with Crippen LogP contribution in [0.25, 0.3) is 0 Å². The quantitative estimate of drug-likeness (QED) is 0.440. The molecule has 0 saturated carbocycles. The molecule has 17 heavy (non-hydrogen) atoms. The van der Waals surface area contributed by atoms with Crippen LogP contribution in [0.3, 0.4) is 0 Å². The Hall–Kier alpha value is -1.79. The fourth-order valence-corrected chi connectivity index (χ4v) is 1.58. The van der Waals surface area contributed by atoms with Crippen molar-refractivity contribution in [1.82, 2.24) is 5.32 Å². The molecule has 6 N–H and O–H groups in total. The molecule has 1 aromatic carbocycles. The summed E-state index contributed by atoms with van der Waals surface area (Å²) in [5.74, 6) is 0.541. The van der Waals surface area contributed by atoms with Gasteiger partial charge in [0.1, 0.15) is 0 Å². The van der Waals surface area contributed by atoms with Gasteiger partial charge in [-0.05, 0) is 24.3 Å². The van der Waals surface area contributed by atoms with Crippen LogP contribution in [0, 0.1) is 0 Å². The van der Waals surface area contributed by atoms with E-state index < -0.39 is 6.10 Å². The van der Waals surface area contributed by atoms with Crippen molar-refractivity contribution in [3.05, 3.63) is 24.3 Å². The van der Waals surface area contributed by atoms with Gasteiger partial charge < -0.3 is 26.6 Å². The van der Waals surface area contributed by atoms with Crippen molar-refractivity contribution in [1.29, 1.82) is 0 Å². The second-order valence-electron chi connectivity index (χ2n) is 3.94. The molecule has 1 aromatic rings. The summed E-state index contributed by atoms with van der Waals surface area (Å²) in [4.78, 5) is 4.13. The molecule has 1 aliphatic heterocycles. The Morgan fingerprint density at radius 2 is 2.12 bits per heavy atom. The largest absolute Gasteiger partial charge is 0.399 e. The SMILES string of the molecule is Nc1ccc(NC2=NC[C@@H](O)[C@@H](CO)N2)cc1. The number of nitrogens with one attached hydrogen (secondary N) is 2. The number of benzene rings is 1. The molecule has 1 aliphatic rings. The number of anilines is 2. The monoisotopic (exact) mass is 236 g/mol. The van der Waals surface area contributed by atoms with Crippen molar-refractivity contribution in [3.63, 3.8) is 0 Å². The van der Waals surface area contributed by atoms with Crippen LogP contribution in [-0.4, -0.2) is 41.5 Å². The fourth-order valence-electron chi connectivity index (χ4n) is 1.58. The van der Waals surface area contributed by atoms with Crippen LogP contribution in [-0.2, 0) is 0 Å². The summed E-state index contributed by atoms with van der Waals surface area (Å²) in [6.07, 6.45) is -0.656. The summed E-state index contributed by atoms with van der Waals surface area (Å²) in [5.41, 5.74) is 7.12. The molecule has 0 aromatic heterocycles. The lowest BCUT2D eigenvalue weighted by Crippen LogP contribution is -2.52. The molecule has 0 saturated heterocycles. The van der Waals surface area contributed by atoms with Crippen LogP contribution in [0.15, 0.2) is 29.3 Å². The van der Waals surface area contributed by atoms with E-state index in [1.807, 2.05) is 12.1 Å². The molecule has 0 bridgehead atoms. The van der Waals surface area contributed by atoms with Crippen LogP contribution < -0.4 is 16.4 Å². The number of aliphatic hydroxyl groups excluding tert-OH is 2. The van der Waals surface area contributed by atoms with Gasteiger partial charge >= 0.3 is 0 Å². The van der Waals surface area contributed by atoms with E-state index in [9.17, 15) is 5.11 Å². The highest BCUT2D eigenvalue weighted by Crippen LogP contribution is 2.11. The maximum absolute atomic E-state index is 9.52. The molecule has 0 radical (unpaired) electrons. The Morgan fingerprint density at radius 3 is 2.76 bits per heavy atom. The van der Waals surface area contributed by atoms with Crippen LogP contribution in [0.2, 0.25) is 0 Å². The van der Waals surface area contributed by atoms with Gasteiger partial charge in [-0.1, -0.05) is 0 Å². The van der Waals surface area contributed by atoms with Gasteiger partial charge in [-0.25, -0.2) is 0 Å². The number of aliphatic hydroxyl groups is 2. The zero-order chi connectivity index (χ0) is 12.3. The highest BCUT2D eigenvalue weighted by atomic mass is 16.3. The average molecular weight is 236 g/mol. The van der Waals surface area contributed by atoms with Crippen molar-refractivity contribution < 1.29 is 10.2 Å². The normalized spacial score (nSPS) is 23.8. The number of nitrogen functional groups attached to an aromatic ring is 1. The number of guanidine groups is 1. The fraction of sp³-hybridized carbons (Fsp3) is 0.364. The highest BCUT2D eigenvalue weighted by molar-refractivity contribution is 5.94. The first kappa shape index (κ1) is 11.7. The number of hydrogen-bond acceptors (Lipinski definition) is 6. The molecule has 2 rings (SSSR count). The molecule has 0 spiro atoms. The number of nitrogens with two attached hydrogens (primary N) is 1. The predicted molar refractivity (Wildman–Crippen MR) is 66.8 cm³/mol. The molecule has 0 aliphatic carbocycles. The highest BCUT2D eigenvalue weighted by Gasteiger charge is 2.23. The third kappa shape index (κ3) is 2.86. The summed E-state index contributed by atoms with van der Waals surface area (Å²) in [6.45, 7) is 0.138. The Morgan fingerprint density at radius 1 is 1.41 bits per heavy atom. The molecule has 2 atom stereocenters. The third-order valence-corrected chi connectivity index (χ3v) is 2.59. The minimum atomic E-state index is -0.656. The second kappa shape index (κ2) is 5.03. The predicted octanol–water partition coefficient (Wildman–Crippen LogP) is -0.638. The number of aliphatic imine (C=N–C) groups is 1. The lowest BCUT2D eigenvalue weighted by Gasteiger charge is -2.27. The van der Waals surface area contributed by atoms with Crippen molar-refractivity contribution in [2.24, 2.45) is 4.99 Å². The van der Waals surface area contributed by atoms with Gasteiger partial charge in [-0.15, -0.1) is 0 Å². The molecule has 6 nitrogen and oxygen atoms in total. The zero-order valence-corrected chi connectivity index (χ0v) is 9.30. The van der Waals surface area contributed by atoms with Crippen molar-refractivity contribution >= 4 is 17.3 Å². The van der Waals surface area contributed by atoms with Crippen molar-refractivity contribution in [2.75, 3.05) is 24.2 Å². The van der Waals surface area contributed by atoms with Gasteiger partial charge in [0.05, 0.1) is 25.3 Å². The summed E-state index contributed by atoms with van der Waals surface area (Å²) < 4.78 is 0. The molecule has 0 amide bonds. The van der Waals surface area contributed by atoms with Crippen molar-refractivity contribution in [2.45, 2.75) is 12.1 Å². The number of nitrogens with zero attached hydrogens (tertiary/aromatic N) is 1. The van der Waals surface area contributed by atoms with Gasteiger partial charge in [0, 0.05) is 11.4 Å². The summed E-state index contributed by atoms with van der Waals surface area (Å²) in [7, 11) is 0. The van der Waals surface area contributed by atoms with E-state index in [1.165, 1.54) is 0 Å². The topological polar surface area (TPSA) is 103 Å². The van der Waals surface area contributed by atoms with Crippen LogP contribution >= 0.6 is 0 Å². The molecule has 92 valence electrons. The van der Waals surface area contributed by atoms with Crippen LogP contribution in [0.1, 0.15) is 0 Å². The second-order valence-corrected chi connectivity index (χ2v) is 3.94. The van der Waals surface area contributed by atoms with Crippen molar-refractivity contribution in [3.8, 4) is 0 Å². The minimum absolute atomic E-state index is 0.135. The van der Waals surface area contributed by atoms with E-state index in [1.54, 1.807) is 12.1 Å². The molecular formula is C11H16N4O2. The Labute approximate surface area is 99.2 Å². The summed E-state index contributed by atoms with van der Waals surface area (Å²) in [6, 6.07) is 6.84. The van der Waals surface area contributed by atoms with Gasteiger partial charge in [0.2, 0.25) is 0 Å². The van der Waals surface area contributed by atoms with E-state index in [2.05, 4.69) is 15.6 Å². The maximum Gasteiger partial charge on any atom is 0.196 e. The van der Waals surface area contributed by atoms with E-state index in [0.717, 1.165) is 5.69 Å². The lowest BCUT2D eigenvalue weighted by molar-refractivity contribution is 0.101. The van der Waals surface area contributed by atoms with Crippen LogP contribution in [0.4, 0.5) is 11.4 Å².